The van der Waals surface area contributed by atoms with Gasteiger partial charge in [0.15, 0.2) is 5.78 Å². The van der Waals surface area contributed by atoms with Gasteiger partial charge in [-0.05, 0) is 18.4 Å². The number of carbonyl (C=O) groups excluding carboxylic acids is 1. The van der Waals surface area contributed by atoms with Gasteiger partial charge in [0.05, 0.1) is 25.7 Å². The zero-order chi connectivity index (χ0) is 12.0. The molecule has 1 aromatic rings. The Morgan fingerprint density at radius 2 is 1.75 bits per heavy atom. The van der Waals surface area contributed by atoms with Crippen LogP contribution in [0, 0.1) is 11.8 Å². The lowest BCUT2D eigenvalue weighted by atomic mass is 10.1. The topological polar surface area (TPSA) is 17.1 Å². The van der Waals surface area contributed by atoms with Crippen molar-refractivity contribution in [2.75, 3.05) is 0 Å². The van der Waals surface area contributed by atoms with Crippen molar-refractivity contribution in [3.63, 3.8) is 0 Å². The molecule has 2 unspecified atom stereocenters. The second kappa shape index (κ2) is 4.38. The number of ketones is 1. The molecule has 1 aliphatic rings. The van der Waals surface area contributed by atoms with Gasteiger partial charge in [-0.25, -0.2) is 0 Å². The van der Waals surface area contributed by atoms with Gasteiger partial charge in [-0.1, -0.05) is 53.3 Å². The third-order valence-corrected chi connectivity index (χ3v) is 4.37. The standard InChI is InChI=1S/C11H8Cl4O/c1-4-2-5(4)11(16)8-6(12)3-7(13)9(14)10(8)15/h3-5H,2H2,1H3. The Morgan fingerprint density at radius 3 is 2.25 bits per heavy atom. The third kappa shape index (κ3) is 2.06. The van der Waals surface area contributed by atoms with E-state index in [0.717, 1.165) is 6.42 Å². The summed E-state index contributed by atoms with van der Waals surface area (Å²) in [6.45, 7) is 2.02. The van der Waals surface area contributed by atoms with Crippen molar-refractivity contribution in [1.82, 2.24) is 0 Å². The first-order chi connectivity index (χ1) is 7.43. The van der Waals surface area contributed by atoms with Crippen LogP contribution < -0.4 is 0 Å². The molecule has 2 atom stereocenters. The van der Waals surface area contributed by atoms with Crippen molar-refractivity contribution in [2.45, 2.75) is 13.3 Å². The van der Waals surface area contributed by atoms with Gasteiger partial charge in [0.25, 0.3) is 0 Å². The van der Waals surface area contributed by atoms with E-state index in [-0.39, 0.29) is 31.8 Å². The highest BCUT2D eigenvalue weighted by Gasteiger charge is 2.41. The summed E-state index contributed by atoms with van der Waals surface area (Å²) >= 11 is 23.7. The summed E-state index contributed by atoms with van der Waals surface area (Å²) in [5.41, 5.74) is 0.298. The average Bonchev–Trinajstić information content (AvgIpc) is 2.92. The van der Waals surface area contributed by atoms with E-state index in [0.29, 0.717) is 11.5 Å². The fourth-order valence-electron chi connectivity index (χ4n) is 1.66. The third-order valence-electron chi connectivity index (χ3n) is 2.81. The molecule has 0 heterocycles. The number of hydrogen-bond acceptors (Lipinski definition) is 1. The Hall–Kier alpha value is 0.0500. The van der Waals surface area contributed by atoms with Crippen LogP contribution in [-0.2, 0) is 0 Å². The van der Waals surface area contributed by atoms with Crippen LogP contribution >= 0.6 is 46.4 Å². The van der Waals surface area contributed by atoms with Gasteiger partial charge in [0.2, 0.25) is 0 Å². The van der Waals surface area contributed by atoms with Crippen LogP contribution in [0.2, 0.25) is 20.1 Å². The fourth-order valence-corrected chi connectivity index (χ4v) is 2.76. The minimum atomic E-state index is -0.0407. The molecule has 1 saturated carbocycles. The Morgan fingerprint density at radius 1 is 1.19 bits per heavy atom. The van der Waals surface area contributed by atoms with E-state index in [1.807, 2.05) is 6.92 Å². The zero-order valence-corrected chi connectivity index (χ0v) is 11.4. The molecule has 0 N–H and O–H groups in total. The number of carbonyl (C=O) groups is 1. The van der Waals surface area contributed by atoms with Crippen molar-refractivity contribution in [3.8, 4) is 0 Å². The van der Waals surface area contributed by atoms with Gasteiger partial charge in [-0.3, -0.25) is 4.79 Å². The maximum atomic E-state index is 12.1. The van der Waals surface area contributed by atoms with E-state index in [2.05, 4.69) is 0 Å². The van der Waals surface area contributed by atoms with Crippen molar-refractivity contribution >= 4 is 52.2 Å². The van der Waals surface area contributed by atoms with E-state index in [4.69, 9.17) is 46.4 Å². The Bertz CT molecular complexity index is 470. The van der Waals surface area contributed by atoms with Gasteiger partial charge in [0.1, 0.15) is 0 Å². The fraction of sp³-hybridized carbons (Fsp3) is 0.364. The number of halogens is 4. The summed E-state index contributed by atoms with van der Waals surface area (Å²) in [6.07, 6.45) is 0.881. The van der Waals surface area contributed by atoms with E-state index in [1.54, 1.807) is 0 Å². The molecule has 1 nitrogen and oxygen atoms in total. The van der Waals surface area contributed by atoms with Crippen LogP contribution in [0.15, 0.2) is 6.07 Å². The van der Waals surface area contributed by atoms with Crippen LogP contribution in [0.25, 0.3) is 0 Å². The first-order valence-electron chi connectivity index (χ1n) is 4.80. The van der Waals surface area contributed by atoms with Gasteiger partial charge in [-0.2, -0.15) is 0 Å². The zero-order valence-electron chi connectivity index (χ0n) is 8.36. The van der Waals surface area contributed by atoms with Crippen LogP contribution in [0.5, 0.6) is 0 Å². The predicted molar refractivity (Wildman–Crippen MR) is 68.1 cm³/mol. The van der Waals surface area contributed by atoms with E-state index >= 15 is 0 Å². The van der Waals surface area contributed by atoms with E-state index < -0.39 is 0 Å². The Labute approximate surface area is 114 Å². The van der Waals surface area contributed by atoms with Gasteiger partial charge >= 0.3 is 0 Å². The molecule has 1 fully saturated rings. The molecule has 2 rings (SSSR count). The Balaban J connectivity index is 2.48. The molecule has 0 saturated heterocycles. The summed E-state index contributed by atoms with van der Waals surface area (Å²) in [6, 6.07) is 1.46. The van der Waals surface area contributed by atoms with Gasteiger partial charge in [0, 0.05) is 5.92 Å². The van der Waals surface area contributed by atoms with Gasteiger partial charge in [-0.15, -0.1) is 0 Å². The summed E-state index contributed by atoms with van der Waals surface area (Å²) in [4.78, 5) is 12.1. The van der Waals surface area contributed by atoms with Crippen molar-refractivity contribution in [3.05, 3.63) is 31.7 Å². The smallest absolute Gasteiger partial charge is 0.169 e. The first-order valence-corrected chi connectivity index (χ1v) is 6.32. The molecule has 86 valence electrons. The second-order valence-corrected chi connectivity index (χ2v) is 5.60. The van der Waals surface area contributed by atoms with Crippen molar-refractivity contribution < 1.29 is 4.79 Å². The minimum Gasteiger partial charge on any atom is -0.294 e. The highest BCUT2D eigenvalue weighted by Crippen LogP contribution is 2.45. The highest BCUT2D eigenvalue weighted by atomic mass is 35.5. The summed E-state index contributed by atoms with van der Waals surface area (Å²) in [5, 5.41) is 0.869. The number of hydrogen-bond donors (Lipinski definition) is 0. The summed E-state index contributed by atoms with van der Waals surface area (Å²) < 4.78 is 0. The van der Waals surface area contributed by atoms with E-state index in [9.17, 15) is 4.79 Å². The van der Waals surface area contributed by atoms with Crippen molar-refractivity contribution in [1.29, 1.82) is 0 Å². The molecule has 0 spiro atoms. The maximum absolute atomic E-state index is 12.1. The summed E-state index contributed by atoms with van der Waals surface area (Å²) in [5.74, 6) is 0.377. The molecule has 16 heavy (non-hydrogen) atoms. The molecule has 0 aliphatic heterocycles. The molecule has 0 radical (unpaired) electrons. The number of Topliss-reactive ketones (excluding diaryl/α,β-unsaturated/α-hetero) is 1. The minimum absolute atomic E-state index is 0.0206. The molecule has 5 heteroatoms. The predicted octanol–water partition coefficient (Wildman–Crippen LogP) is 5.14. The lowest BCUT2D eigenvalue weighted by Gasteiger charge is -2.08. The second-order valence-electron chi connectivity index (χ2n) is 4.03. The van der Waals surface area contributed by atoms with Crippen LogP contribution in [0.1, 0.15) is 23.7 Å². The largest absolute Gasteiger partial charge is 0.294 e. The molecule has 0 aromatic heterocycles. The number of benzene rings is 1. The molecule has 0 bridgehead atoms. The monoisotopic (exact) mass is 296 g/mol. The van der Waals surface area contributed by atoms with E-state index in [1.165, 1.54) is 6.07 Å². The normalized spacial score (nSPS) is 23.3. The SMILES string of the molecule is CC1CC1C(=O)c1c(Cl)cc(Cl)c(Cl)c1Cl. The quantitative estimate of drug-likeness (QED) is 0.420. The van der Waals surface area contributed by atoms with Crippen molar-refractivity contribution in [2.24, 2.45) is 11.8 Å². The molecule has 1 aromatic carbocycles. The molecular formula is C11H8Cl4O. The van der Waals surface area contributed by atoms with Gasteiger partial charge < -0.3 is 0 Å². The van der Waals surface area contributed by atoms with Crippen LogP contribution in [0.3, 0.4) is 0 Å². The number of rotatable bonds is 2. The molecular weight excluding hydrogens is 290 g/mol. The Kier molecular flexibility index (Phi) is 3.42. The average molecular weight is 298 g/mol. The molecule has 0 amide bonds. The van der Waals surface area contributed by atoms with Crippen LogP contribution in [0.4, 0.5) is 0 Å². The highest BCUT2D eigenvalue weighted by molar-refractivity contribution is 6.51. The lowest BCUT2D eigenvalue weighted by molar-refractivity contribution is 0.0962. The molecule has 1 aliphatic carbocycles. The lowest BCUT2D eigenvalue weighted by Crippen LogP contribution is -2.05. The summed E-state index contributed by atoms with van der Waals surface area (Å²) in [7, 11) is 0. The maximum Gasteiger partial charge on any atom is 0.169 e. The first kappa shape index (κ1) is 12.5. The van der Waals surface area contributed by atoms with Crippen LogP contribution in [-0.4, -0.2) is 5.78 Å².